The highest BCUT2D eigenvalue weighted by atomic mass is 16.5. The molecular formula is C20H26N4O2. The lowest BCUT2D eigenvalue weighted by Crippen LogP contribution is -2.00. The largest absolute Gasteiger partial charge is 0.493 e. The Kier molecular flexibility index (Phi) is 7.69. The Hall–Kier alpha value is -2.81. The zero-order chi connectivity index (χ0) is 18.8. The van der Waals surface area contributed by atoms with Gasteiger partial charge in [-0.1, -0.05) is 39.3 Å². The summed E-state index contributed by atoms with van der Waals surface area (Å²) in [6, 6.07) is 9.74. The van der Waals surface area contributed by atoms with Crippen LogP contribution >= 0.6 is 0 Å². The number of hydrogen-bond acceptors (Lipinski definition) is 6. The predicted molar refractivity (Wildman–Crippen MR) is 103 cm³/mol. The zero-order valence-electron chi connectivity index (χ0n) is 15.7. The molecule has 0 saturated heterocycles. The van der Waals surface area contributed by atoms with Gasteiger partial charge in [0.2, 0.25) is 11.6 Å². The Morgan fingerprint density at radius 3 is 2.77 bits per heavy atom. The third-order valence-electron chi connectivity index (χ3n) is 4.13. The predicted octanol–water partition coefficient (Wildman–Crippen LogP) is 5.07. The quantitative estimate of drug-likeness (QED) is 0.366. The standard InChI is InChI=1S/C20H26N4O2/c1-4-7-12-25-18-11-9-8-10-16(18)14-22-24-20-17(13-21)23-19(26-20)15(5-2)6-3/h8-11,14-15,24H,4-7,12H2,1-3H3. The first-order valence-corrected chi connectivity index (χ1v) is 9.15. The summed E-state index contributed by atoms with van der Waals surface area (Å²) in [6.45, 7) is 6.95. The lowest BCUT2D eigenvalue weighted by molar-refractivity contribution is 0.309. The van der Waals surface area contributed by atoms with Gasteiger partial charge in [0.1, 0.15) is 11.8 Å². The zero-order valence-corrected chi connectivity index (χ0v) is 15.7. The van der Waals surface area contributed by atoms with E-state index in [-0.39, 0.29) is 17.5 Å². The molecule has 0 aliphatic rings. The van der Waals surface area contributed by atoms with Gasteiger partial charge in [-0.3, -0.25) is 0 Å². The molecule has 0 amide bonds. The first-order chi connectivity index (χ1) is 12.7. The normalized spacial score (nSPS) is 11.0. The van der Waals surface area contributed by atoms with Crippen molar-refractivity contribution in [2.75, 3.05) is 12.0 Å². The average Bonchev–Trinajstić information content (AvgIpc) is 3.07. The molecule has 2 aromatic rings. The van der Waals surface area contributed by atoms with E-state index in [4.69, 9.17) is 9.15 Å². The lowest BCUT2D eigenvalue weighted by Gasteiger charge is -2.08. The number of anilines is 1. The molecule has 1 aromatic carbocycles. The van der Waals surface area contributed by atoms with Gasteiger partial charge in [0, 0.05) is 11.5 Å². The van der Waals surface area contributed by atoms with Crippen molar-refractivity contribution in [3.63, 3.8) is 0 Å². The molecule has 0 spiro atoms. The number of nitriles is 1. The molecule has 1 heterocycles. The first kappa shape index (κ1) is 19.5. The van der Waals surface area contributed by atoms with Crippen molar-refractivity contribution >= 4 is 12.1 Å². The Balaban J connectivity index is 2.10. The summed E-state index contributed by atoms with van der Waals surface area (Å²) < 4.78 is 11.5. The number of aromatic nitrogens is 1. The van der Waals surface area contributed by atoms with Crippen molar-refractivity contribution in [1.29, 1.82) is 5.26 Å². The van der Waals surface area contributed by atoms with Crippen LogP contribution in [0.4, 0.5) is 5.88 Å². The van der Waals surface area contributed by atoms with Crippen LogP contribution in [0, 0.1) is 11.3 Å². The fourth-order valence-corrected chi connectivity index (χ4v) is 2.51. The third-order valence-corrected chi connectivity index (χ3v) is 4.13. The van der Waals surface area contributed by atoms with E-state index >= 15 is 0 Å². The van der Waals surface area contributed by atoms with Gasteiger partial charge in [-0.25, -0.2) is 10.4 Å². The van der Waals surface area contributed by atoms with Gasteiger partial charge in [0.15, 0.2) is 0 Å². The smallest absolute Gasteiger partial charge is 0.252 e. The Morgan fingerprint density at radius 2 is 2.08 bits per heavy atom. The SMILES string of the molecule is CCCCOc1ccccc1C=NNc1oc(C(CC)CC)nc1C#N. The maximum Gasteiger partial charge on any atom is 0.252 e. The van der Waals surface area contributed by atoms with Crippen LogP contribution in [-0.2, 0) is 0 Å². The van der Waals surface area contributed by atoms with Gasteiger partial charge in [-0.2, -0.15) is 10.4 Å². The van der Waals surface area contributed by atoms with Crippen LogP contribution in [-0.4, -0.2) is 17.8 Å². The summed E-state index contributed by atoms with van der Waals surface area (Å²) in [7, 11) is 0. The van der Waals surface area contributed by atoms with E-state index in [0.717, 1.165) is 37.0 Å². The summed E-state index contributed by atoms with van der Waals surface area (Å²) in [5.41, 5.74) is 3.87. The van der Waals surface area contributed by atoms with E-state index in [1.807, 2.05) is 30.3 Å². The summed E-state index contributed by atoms with van der Waals surface area (Å²) >= 11 is 0. The van der Waals surface area contributed by atoms with E-state index < -0.39 is 0 Å². The van der Waals surface area contributed by atoms with Crippen LogP contribution in [0.3, 0.4) is 0 Å². The summed E-state index contributed by atoms with van der Waals surface area (Å²) in [5.74, 6) is 1.83. The minimum atomic E-state index is 0.203. The lowest BCUT2D eigenvalue weighted by atomic mass is 10.0. The highest BCUT2D eigenvalue weighted by Gasteiger charge is 2.18. The fourth-order valence-electron chi connectivity index (χ4n) is 2.51. The Morgan fingerprint density at radius 1 is 1.31 bits per heavy atom. The van der Waals surface area contributed by atoms with E-state index in [2.05, 4.69) is 36.3 Å². The van der Waals surface area contributed by atoms with E-state index in [9.17, 15) is 5.26 Å². The van der Waals surface area contributed by atoms with Crippen molar-refractivity contribution in [2.24, 2.45) is 5.10 Å². The number of nitrogens with one attached hydrogen (secondary N) is 1. The molecule has 2 rings (SSSR count). The number of hydrazone groups is 1. The third kappa shape index (κ3) is 5.09. The molecule has 0 atom stereocenters. The van der Waals surface area contributed by atoms with Crippen LogP contribution in [0.1, 0.15) is 69.5 Å². The van der Waals surface area contributed by atoms with Crippen molar-refractivity contribution in [1.82, 2.24) is 4.98 Å². The summed E-state index contributed by atoms with van der Waals surface area (Å²) in [4.78, 5) is 4.27. The average molecular weight is 354 g/mol. The molecule has 0 fully saturated rings. The number of ether oxygens (including phenoxy) is 1. The van der Waals surface area contributed by atoms with E-state index in [0.29, 0.717) is 12.5 Å². The molecule has 138 valence electrons. The Bertz CT molecular complexity index is 757. The second-order valence-corrected chi connectivity index (χ2v) is 5.96. The number of nitrogens with zero attached hydrogens (tertiary/aromatic N) is 3. The molecule has 6 heteroatoms. The van der Waals surface area contributed by atoms with Crippen molar-refractivity contribution in [3.8, 4) is 11.8 Å². The van der Waals surface area contributed by atoms with Crippen LogP contribution in [0.2, 0.25) is 0 Å². The van der Waals surface area contributed by atoms with Crippen LogP contribution in [0.15, 0.2) is 33.8 Å². The van der Waals surface area contributed by atoms with Crippen molar-refractivity contribution in [3.05, 3.63) is 41.4 Å². The molecular weight excluding hydrogens is 328 g/mol. The van der Waals surface area contributed by atoms with Crippen LogP contribution in [0.25, 0.3) is 0 Å². The second-order valence-electron chi connectivity index (χ2n) is 5.96. The maximum absolute atomic E-state index is 9.26. The second kappa shape index (κ2) is 10.2. The number of unbranched alkanes of at least 4 members (excludes halogenated alkanes) is 1. The minimum absolute atomic E-state index is 0.203. The van der Waals surface area contributed by atoms with Crippen molar-refractivity contribution < 1.29 is 9.15 Å². The maximum atomic E-state index is 9.26. The van der Waals surface area contributed by atoms with Gasteiger partial charge in [0.25, 0.3) is 5.88 Å². The molecule has 6 nitrogen and oxygen atoms in total. The fraction of sp³-hybridized carbons (Fsp3) is 0.450. The Labute approximate surface area is 154 Å². The first-order valence-electron chi connectivity index (χ1n) is 9.15. The monoisotopic (exact) mass is 354 g/mol. The molecule has 0 radical (unpaired) electrons. The molecule has 26 heavy (non-hydrogen) atoms. The van der Waals surface area contributed by atoms with Gasteiger partial charge in [0.05, 0.1) is 12.8 Å². The minimum Gasteiger partial charge on any atom is -0.493 e. The van der Waals surface area contributed by atoms with Gasteiger partial charge in [-0.05, 0) is 31.4 Å². The highest BCUT2D eigenvalue weighted by Crippen LogP contribution is 2.27. The van der Waals surface area contributed by atoms with Gasteiger partial charge < -0.3 is 9.15 Å². The highest BCUT2D eigenvalue weighted by molar-refractivity contribution is 5.83. The molecule has 0 aliphatic carbocycles. The van der Waals surface area contributed by atoms with Crippen LogP contribution in [0.5, 0.6) is 5.75 Å². The molecule has 0 bridgehead atoms. The molecule has 1 N–H and O–H groups in total. The molecule has 0 aliphatic heterocycles. The molecule has 1 aromatic heterocycles. The van der Waals surface area contributed by atoms with Crippen LogP contribution < -0.4 is 10.2 Å². The molecule has 0 unspecified atom stereocenters. The number of oxazole rings is 1. The van der Waals surface area contributed by atoms with Crippen molar-refractivity contribution in [2.45, 2.75) is 52.4 Å². The topological polar surface area (TPSA) is 83.4 Å². The summed E-state index contributed by atoms with van der Waals surface area (Å²) in [5, 5.41) is 13.4. The number of hydrogen-bond donors (Lipinski definition) is 1. The van der Waals surface area contributed by atoms with E-state index in [1.165, 1.54) is 0 Å². The number of benzene rings is 1. The van der Waals surface area contributed by atoms with E-state index in [1.54, 1.807) is 6.21 Å². The van der Waals surface area contributed by atoms with Gasteiger partial charge >= 0.3 is 0 Å². The number of para-hydroxylation sites is 1. The molecule has 0 saturated carbocycles. The van der Waals surface area contributed by atoms with Gasteiger partial charge in [-0.15, -0.1) is 0 Å². The summed E-state index contributed by atoms with van der Waals surface area (Å²) in [6.07, 6.45) is 5.56. The number of rotatable bonds is 10.